The van der Waals surface area contributed by atoms with E-state index in [0.717, 1.165) is 25.9 Å². The van der Waals surface area contributed by atoms with E-state index in [2.05, 4.69) is 27.2 Å². The third-order valence-electron chi connectivity index (χ3n) is 2.89. The summed E-state index contributed by atoms with van der Waals surface area (Å²) in [7, 11) is 3.76. The SMILES string of the molecule is COc1ccnc(NC2CCN(C)CC2)n1. The van der Waals surface area contributed by atoms with E-state index >= 15 is 0 Å². The summed E-state index contributed by atoms with van der Waals surface area (Å²) < 4.78 is 5.06. The lowest BCUT2D eigenvalue weighted by atomic mass is 10.1. The minimum Gasteiger partial charge on any atom is -0.481 e. The fourth-order valence-electron chi connectivity index (χ4n) is 1.86. The molecule has 0 aliphatic carbocycles. The van der Waals surface area contributed by atoms with Gasteiger partial charge in [-0.25, -0.2) is 4.98 Å². The number of anilines is 1. The van der Waals surface area contributed by atoms with Gasteiger partial charge in [0.1, 0.15) is 0 Å². The second-order valence-electron chi connectivity index (χ2n) is 4.14. The molecule has 1 aromatic heterocycles. The second kappa shape index (κ2) is 5.12. The molecule has 1 fully saturated rings. The summed E-state index contributed by atoms with van der Waals surface area (Å²) in [6.07, 6.45) is 3.98. The molecule has 0 bridgehead atoms. The van der Waals surface area contributed by atoms with Crippen LogP contribution in [-0.4, -0.2) is 48.2 Å². The van der Waals surface area contributed by atoms with Gasteiger partial charge >= 0.3 is 0 Å². The minimum atomic E-state index is 0.475. The van der Waals surface area contributed by atoms with Gasteiger partial charge in [-0.1, -0.05) is 0 Å². The van der Waals surface area contributed by atoms with Crippen molar-refractivity contribution < 1.29 is 4.74 Å². The standard InChI is InChI=1S/C11H18N4O/c1-15-7-4-9(5-8-15)13-11-12-6-3-10(14-11)16-2/h3,6,9H,4-5,7-8H2,1-2H3,(H,12,13,14). The van der Waals surface area contributed by atoms with E-state index in [9.17, 15) is 0 Å². The van der Waals surface area contributed by atoms with Gasteiger partial charge in [0.25, 0.3) is 0 Å². The van der Waals surface area contributed by atoms with Crippen LogP contribution in [0, 0.1) is 0 Å². The van der Waals surface area contributed by atoms with Crippen molar-refractivity contribution in [1.82, 2.24) is 14.9 Å². The predicted molar refractivity (Wildman–Crippen MR) is 62.7 cm³/mol. The fraction of sp³-hybridized carbons (Fsp3) is 0.636. The van der Waals surface area contributed by atoms with Gasteiger partial charge in [0.05, 0.1) is 7.11 Å². The van der Waals surface area contributed by atoms with Gasteiger partial charge in [-0.15, -0.1) is 0 Å². The first-order valence-corrected chi connectivity index (χ1v) is 5.60. The molecule has 0 atom stereocenters. The Hall–Kier alpha value is -1.36. The molecular formula is C11H18N4O. The topological polar surface area (TPSA) is 50.3 Å². The van der Waals surface area contributed by atoms with Crippen LogP contribution in [0.1, 0.15) is 12.8 Å². The van der Waals surface area contributed by atoms with Gasteiger partial charge in [0.2, 0.25) is 11.8 Å². The summed E-state index contributed by atoms with van der Waals surface area (Å²) in [6.45, 7) is 2.25. The van der Waals surface area contributed by atoms with Crippen molar-refractivity contribution in [3.63, 3.8) is 0 Å². The lowest BCUT2D eigenvalue weighted by Gasteiger charge is -2.29. The maximum atomic E-state index is 5.06. The van der Waals surface area contributed by atoms with Crippen molar-refractivity contribution in [3.8, 4) is 5.88 Å². The van der Waals surface area contributed by atoms with Crippen molar-refractivity contribution in [3.05, 3.63) is 12.3 Å². The van der Waals surface area contributed by atoms with Crippen LogP contribution in [0.3, 0.4) is 0 Å². The zero-order chi connectivity index (χ0) is 11.4. The Morgan fingerprint density at radius 3 is 2.88 bits per heavy atom. The van der Waals surface area contributed by atoms with Crippen LogP contribution in [0.2, 0.25) is 0 Å². The van der Waals surface area contributed by atoms with Crippen LogP contribution in [0.4, 0.5) is 5.95 Å². The maximum Gasteiger partial charge on any atom is 0.226 e. The average Bonchev–Trinajstić information content (AvgIpc) is 2.32. The molecular weight excluding hydrogens is 204 g/mol. The molecule has 2 rings (SSSR count). The Kier molecular flexibility index (Phi) is 3.56. The lowest BCUT2D eigenvalue weighted by molar-refractivity contribution is 0.263. The molecule has 88 valence electrons. The molecule has 0 radical (unpaired) electrons. The van der Waals surface area contributed by atoms with Crippen molar-refractivity contribution in [1.29, 1.82) is 0 Å². The fourth-order valence-corrected chi connectivity index (χ4v) is 1.86. The van der Waals surface area contributed by atoms with E-state index < -0.39 is 0 Å². The van der Waals surface area contributed by atoms with Crippen molar-refractivity contribution >= 4 is 5.95 Å². The number of hydrogen-bond donors (Lipinski definition) is 1. The molecule has 16 heavy (non-hydrogen) atoms. The molecule has 5 nitrogen and oxygen atoms in total. The van der Waals surface area contributed by atoms with Gasteiger partial charge in [0.15, 0.2) is 0 Å². The Morgan fingerprint density at radius 1 is 1.44 bits per heavy atom. The number of piperidine rings is 1. The monoisotopic (exact) mass is 222 g/mol. The van der Waals surface area contributed by atoms with Gasteiger partial charge in [-0.2, -0.15) is 4.98 Å². The summed E-state index contributed by atoms with van der Waals surface area (Å²) in [5.74, 6) is 1.26. The highest BCUT2D eigenvalue weighted by atomic mass is 16.5. The van der Waals surface area contributed by atoms with E-state index in [1.54, 1.807) is 19.4 Å². The molecule has 0 spiro atoms. The Morgan fingerprint density at radius 2 is 2.19 bits per heavy atom. The van der Waals surface area contributed by atoms with E-state index in [1.807, 2.05) is 0 Å². The van der Waals surface area contributed by atoms with E-state index in [1.165, 1.54) is 0 Å². The lowest BCUT2D eigenvalue weighted by Crippen LogP contribution is -2.37. The Bertz CT molecular complexity index is 337. The number of methoxy groups -OCH3 is 1. The van der Waals surface area contributed by atoms with Gasteiger partial charge in [-0.3, -0.25) is 0 Å². The maximum absolute atomic E-state index is 5.06. The minimum absolute atomic E-state index is 0.475. The summed E-state index contributed by atoms with van der Waals surface area (Å²) in [6, 6.07) is 2.23. The molecule has 0 saturated carbocycles. The molecule has 1 aliphatic heterocycles. The first kappa shape index (κ1) is 11.1. The summed E-state index contributed by atoms with van der Waals surface area (Å²) in [5, 5.41) is 3.35. The van der Waals surface area contributed by atoms with Crippen molar-refractivity contribution in [2.45, 2.75) is 18.9 Å². The molecule has 1 saturated heterocycles. The third-order valence-corrected chi connectivity index (χ3v) is 2.89. The van der Waals surface area contributed by atoms with Crippen LogP contribution in [-0.2, 0) is 0 Å². The Labute approximate surface area is 95.8 Å². The molecule has 1 N–H and O–H groups in total. The number of hydrogen-bond acceptors (Lipinski definition) is 5. The molecule has 5 heteroatoms. The molecule has 0 unspecified atom stereocenters. The first-order valence-electron chi connectivity index (χ1n) is 5.60. The third kappa shape index (κ3) is 2.82. The van der Waals surface area contributed by atoms with Gasteiger partial charge in [-0.05, 0) is 33.0 Å². The number of nitrogens with one attached hydrogen (secondary N) is 1. The van der Waals surface area contributed by atoms with Crippen molar-refractivity contribution in [2.24, 2.45) is 0 Å². The second-order valence-corrected chi connectivity index (χ2v) is 4.14. The zero-order valence-electron chi connectivity index (χ0n) is 9.81. The highest BCUT2D eigenvalue weighted by Gasteiger charge is 2.17. The van der Waals surface area contributed by atoms with Crippen molar-refractivity contribution in [2.75, 3.05) is 32.6 Å². The quantitative estimate of drug-likeness (QED) is 0.826. The highest BCUT2D eigenvalue weighted by molar-refractivity contribution is 5.28. The van der Waals surface area contributed by atoms with Crippen LogP contribution >= 0.6 is 0 Å². The smallest absolute Gasteiger partial charge is 0.226 e. The summed E-state index contributed by atoms with van der Waals surface area (Å²) in [5.41, 5.74) is 0. The van der Waals surface area contributed by atoms with E-state index in [0.29, 0.717) is 17.9 Å². The number of rotatable bonds is 3. The molecule has 2 heterocycles. The van der Waals surface area contributed by atoms with Crippen LogP contribution < -0.4 is 10.1 Å². The average molecular weight is 222 g/mol. The molecule has 1 aromatic rings. The largest absolute Gasteiger partial charge is 0.481 e. The van der Waals surface area contributed by atoms with Crippen LogP contribution in [0.5, 0.6) is 5.88 Å². The summed E-state index contributed by atoms with van der Waals surface area (Å²) >= 11 is 0. The van der Waals surface area contributed by atoms with Gasteiger partial charge < -0.3 is 15.0 Å². The Balaban J connectivity index is 1.93. The van der Waals surface area contributed by atoms with E-state index in [4.69, 9.17) is 4.74 Å². The molecule has 1 aliphatic rings. The van der Waals surface area contributed by atoms with E-state index in [-0.39, 0.29) is 0 Å². The first-order chi connectivity index (χ1) is 7.78. The zero-order valence-corrected chi connectivity index (χ0v) is 9.81. The van der Waals surface area contributed by atoms with Crippen LogP contribution in [0.15, 0.2) is 12.3 Å². The number of ether oxygens (including phenoxy) is 1. The van der Waals surface area contributed by atoms with Crippen LogP contribution in [0.25, 0.3) is 0 Å². The predicted octanol–water partition coefficient (Wildman–Crippen LogP) is 0.991. The number of likely N-dealkylation sites (tertiary alicyclic amines) is 1. The normalized spacial score (nSPS) is 18.4. The van der Waals surface area contributed by atoms with Gasteiger partial charge in [0, 0.05) is 18.3 Å². The number of nitrogens with zero attached hydrogens (tertiary/aromatic N) is 3. The molecule has 0 aromatic carbocycles. The summed E-state index contributed by atoms with van der Waals surface area (Å²) in [4.78, 5) is 10.8. The highest BCUT2D eigenvalue weighted by Crippen LogP contribution is 2.14. The molecule has 0 amide bonds. The number of aromatic nitrogens is 2.